The van der Waals surface area contributed by atoms with Crippen LogP contribution >= 0.6 is 0 Å². The average molecular weight is 909 g/mol. The third kappa shape index (κ3) is 6.74. The summed E-state index contributed by atoms with van der Waals surface area (Å²) in [6.45, 7) is 0.591. The molecule has 0 saturated carbocycles. The number of fused-ring (bicyclic) bond motifs is 11. The summed E-state index contributed by atoms with van der Waals surface area (Å²) in [5.41, 5.74) is 14.5. The first kappa shape index (κ1) is 40.6. The Hall–Kier alpha value is -9.45. The third-order valence-corrected chi connectivity index (χ3v) is 14.3. The number of ether oxygens (including phenoxy) is 1. The molecule has 0 spiro atoms. The van der Waals surface area contributed by atoms with Crippen molar-refractivity contribution in [3.8, 4) is 44.9 Å². The van der Waals surface area contributed by atoms with E-state index in [0.717, 1.165) is 72.4 Å². The van der Waals surface area contributed by atoms with Gasteiger partial charge < -0.3 is 14.5 Å². The van der Waals surface area contributed by atoms with E-state index in [0.29, 0.717) is 6.67 Å². The maximum absolute atomic E-state index is 6.98. The lowest BCUT2D eigenvalue weighted by atomic mass is 9.95. The number of aromatic nitrogens is 2. The zero-order valence-corrected chi connectivity index (χ0v) is 38.7. The van der Waals surface area contributed by atoms with E-state index in [2.05, 4.69) is 257 Å². The molecule has 1 aliphatic rings. The molecule has 3 aromatic heterocycles. The van der Waals surface area contributed by atoms with Crippen LogP contribution in [0.25, 0.3) is 93.2 Å². The molecule has 0 atom stereocenters. The number of rotatable bonds is 7. The molecule has 0 saturated heterocycles. The van der Waals surface area contributed by atoms with E-state index in [-0.39, 0.29) is 0 Å². The zero-order chi connectivity index (χ0) is 46.8. The van der Waals surface area contributed by atoms with Crippen molar-refractivity contribution < 1.29 is 4.74 Å². The second-order valence-electron chi connectivity index (χ2n) is 18.3. The van der Waals surface area contributed by atoms with Gasteiger partial charge in [-0.3, -0.25) is 4.40 Å². The van der Waals surface area contributed by atoms with E-state index in [9.17, 15) is 0 Å². The normalized spacial score (nSPS) is 12.4. The molecule has 0 N–H and O–H groups in total. The summed E-state index contributed by atoms with van der Waals surface area (Å²) in [7, 11) is 0. The minimum atomic E-state index is 0.591. The van der Waals surface area contributed by atoms with Crippen LogP contribution in [0.4, 0.5) is 22.7 Å². The second-order valence-corrected chi connectivity index (χ2v) is 18.3. The Kier molecular flexibility index (Phi) is 9.52. The molecule has 0 radical (unpaired) electrons. The fraction of sp³-hybridized carbons (Fsp3) is 0.0152. The third-order valence-electron chi connectivity index (χ3n) is 14.3. The van der Waals surface area contributed by atoms with Gasteiger partial charge in [0.2, 0.25) is 0 Å². The van der Waals surface area contributed by atoms with Crippen molar-refractivity contribution in [1.29, 1.82) is 0 Å². The average Bonchev–Trinajstić information content (AvgIpc) is 4.00. The Morgan fingerprint density at radius 1 is 0.352 bits per heavy atom. The number of para-hydroxylation sites is 2. The van der Waals surface area contributed by atoms with Crippen molar-refractivity contribution in [2.45, 2.75) is 0 Å². The molecule has 0 amide bonds. The molecule has 0 fully saturated rings. The second kappa shape index (κ2) is 16.7. The summed E-state index contributed by atoms with van der Waals surface area (Å²) in [5.74, 6) is 1.49. The SMILES string of the molecule is c1ccc(-c2ccc3c(c2)N(c2cccc(Oc4ccc5c6cccc7c8ccccc8c8ccccc8c8cccnc8n(c5c4)c76)c2)CN3c2c(-c3ccccc3)cccc2-c2ccccc2)cc1. The highest BCUT2D eigenvalue weighted by Gasteiger charge is 2.32. The highest BCUT2D eigenvalue weighted by Crippen LogP contribution is 2.51. The molecule has 10 aromatic carbocycles. The first-order valence-corrected chi connectivity index (χ1v) is 24.2. The lowest BCUT2D eigenvalue weighted by Gasteiger charge is -2.27. The molecule has 1 aliphatic heterocycles. The first-order chi connectivity index (χ1) is 35.2. The number of hydrogen-bond donors (Lipinski definition) is 0. The number of hydrogen-bond acceptors (Lipinski definition) is 4. The number of pyridine rings is 1. The van der Waals surface area contributed by atoms with Gasteiger partial charge in [-0.2, -0.15) is 0 Å². The summed E-state index contributed by atoms with van der Waals surface area (Å²) in [6.07, 6.45) is 1.90. The molecule has 71 heavy (non-hydrogen) atoms. The Morgan fingerprint density at radius 3 is 1.59 bits per heavy atom. The van der Waals surface area contributed by atoms with Gasteiger partial charge in [0.05, 0.1) is 28.1 Å². The Bertz CT molecular complexity index is 4190. The number of anilines is 4. The van der Waals surface area contributed by atoms with Gasteiger partial charge in [0, 0.05) is 56.7 Å². The van der Waals surface area contributed by atoms with Crippen molar-refractivity contribution in [3.63, 3.8) is 0 Å². The first-order valence-electron chi connectivity index (χ1n) is 24.2. The van der Waals surface area contributed by atoms with Crippen molar-refractivity contribution in [1.82, 2.24) is 9.38 Å². The molecular weight excluding hydrogens is 865 g/mol. The number of nitrogens with zero attached hydrogens (tertiary/aromatic N) is 4. The fourth-order valence-electron chi connectivity index (χ4n) is 11.1. The van der Waals surface area contributed by atoms with E-state index in [4.69, 9.17) is 9.72 Å². The quantitative estimate of drug-likeness (QED) is 0.160. The van der Waals surface area contributed by atoms with Crippen LogP contribution in [0.15, 0.2) is 255 Å². The molecular formula is C66H44N4O. The molecule has 5 heteroatoms. The summed E-state index contributed by atoms with van der Waals surface area (Å²) >= 11 is 0. The van der Waals surface area contributed by atoms with Crippen LogP contribution in [0.3, 0.4) is 0 Å². The van der Waals surface area contributed by atoms with Gasteiger partial charge in [-0.15, -0.1) is 0 Å². The molecule has 0 unspecified atom stereocenters. The van der Waals surface area contributed by atoms with E-state index in [1.807, 2.05) is 12.3 Å². The van der Waals surface area contributed by atoms with Gasteiger partial charge in [0.25, 0.3) is 0 Å². The minimum Gasteiger partial charge on any atom is -0.457 e. The molecule has 14 rings (SSSR count). The van der Waals surface area contributed by atoms with Crippen LogP contribution in [0.2, 0.25) is 0 Å². The standard InChI is InChI=1S/C66H44N4O/c1-4-18-44(19-5-1)47-35-38-61-63(40-47)68(43-69(61)64-51(45-20-6-2-7-21-45)30-15-31-52(64)46-22-8-3-9-23-46)48-24-14-25-49(41-48)71-50-36-37-57-59-33-16-32-58-55-28-12-10-26-53(55)54-27-11-13-29-56(54)60-34-17-39-67-66(60)70(65(58)59)62(57)42-50/h1-42H,43H2. The van der Waals surface area contributed by atoms with E-state index in [1.165, 1.54) is 55.0 Å². The minimum absolute atomic E-state index is 0.591. The molecule has 4 heterocycles. The Labute approximate surface area is 411 Å². The predicted molar refractivity (Wildman–Crippen MR) is 296 cm³/mol. The smallest absolute Gasteiger partial charge is 0.145 e. The van der Waals surface area contributed by atoms with Crippen LogP contribution in [0.5, 0.6) is 11.5 Å². The maximum Gasteiger partial charge on any atom is 0.145 e. The van der Waals surface area contributed by atoms with Crippen molar-refractivity contribution in [2.75, 3.05) is 16.5 Å². The fourth-order valence-corrected chi connectivity index (χ4v) is 11.1. The largest absolute Gasteiger partial charge is 0.457 e. The highest BCUT2D eigenvalue weighted by molar-refractivity contribution is 6.24. The van der Waals surface area contributed by atoms with Crippen LogP contribution in [-0.4, -0.2) is 16.1 Å². The van der Waals surface area contributed by atoms with Crippen LogP contribution in [0.1, 0.15) is 0 Å². The monoisotopic (exact) mass is 908 g/mol. The van der Waals surface area contributed by atoms with Gasteiger partial charge in [-0.1, -0.05) is 188 Å². The molecule has 0 bridgehead atoms. The van der Waals surface area contributed by atoms with Gasteiger partial charge in [-0.05, 0) is 92.3 Å². The van der Waals surface area contributed by atoms with Crippen molar-refractivity contribution in [3.05, 3.63) is 255 Å². The van der Waals surface area contributed by atoms with Gasteiger partial charge in [-0.25, -0.2) is 4.98 Å². The lowest BCUT2D eigenvalue weighted by molar-refractivity contribution is 0.483. The maximum atomic E-state index is 6.98. The van der Waals surface area contributed by atoms with Crippen LogP contribution < -0.4 is 14.5 Å². The van der Waals surface area contributed by atoms with Gasteiger partial charge in [0.15, 0.2) is 0 Å². The predicted octanol–water partition coefficient (Wildman–Crippen LogP) is 17.7. The van der Waals surface area contributed by atoms with Crippen LogP contribution in [-0.2, 0) is 0 Å². The molecule has 5 nitrogen and oxygen atoms in total. The Morgan fingerprint density at radius 2 is 0.901 bits per heavy atom. The summed E-state index contributed by atoms with van der Waals surface area (Å²) in [6, 6.07) is 89.1. The lowest BCUT2D eigenvalue weighted by Crippen LogP contribution is -2.25. The zero-order valence-electron chi connectivity index (χ0n) is 38.7. The Balaban J connectivity index is 0.927. The topological polar surface area (TPSA) is 33.0 Å². The summed E-state index contributed by atoms with van der Waals surface area (Å²) < 4.78 is 9.34. The number of benzene rings is 10. The molecule has 13 aromatic rings. The summed E-state index contributed by atoms with van der Waals surface area (Å²) in [5, 5.41) is 9.26. The summed E-state index contributed by atoms with van der Waals surface area (Å²) in [4.78, 5) is 10.1. The van der Waals surface area contributed by atoms with Crippen molar-refractivity contribution in [2.24, 2.45) is 0 Å². The van der Waals surface area contributed by atoms with Gasteiger partial charge >= 0.3 is 0 Å². The highest BCUT2D eigenvalue weighted by atomic mass is 16.5. The molecule has 334 valence electrons. The van der Waals surface area contributed by atoms with E-state index < -0.39 is 0 Å². The van der Waals surface area contributed by atoms with Crippen molar-refractivity contribution >= 4 is 82.5 Å². The van der Waals surface area contributed by atoms with Gasteiger partial charge in [0.1, 0.15) is 23.8 Å². The van der Waals surface area contributed by atoms with E-state index in [1.54, 1.807) is 0 Å². The molecule has 0 aliphatic carbocycles. The van der Waals surface area contributed by atoms with E-state index >= 15 is 0 Å². The van der Waals surface area contributed by atoms with Crippen LogP contribution in [0, 0.1) is 0 Å².